The number of fused-ring (bicyclic) bond motifs is 7. The number of para-hydroxylation sites is 4. The van der Waals surface area contributed by atoms with Gasteiger partial charge < -0.3 is 18.3 Å². The number of benzene rings is 12. The quantitative estimate of drug-likeness (QED) is 0.131. The topological polar surface area (TPSA) is 123 Å². The summed E-state index contributed by atoms with van der Waals surface area (Å²) in [6, 6.07) is 109. The Morgan fingerprint density at radius 1 is 0.260 bits per heavy atom. The van der Waals surface area contributed by atoms with Crippen molar-refractivity contribution in [1.82, 2.24) is 59.1 Å². The van der Waals surface area contributed by atoms with Crippen molar-refractivity contribution in [2.24, 2.45) is 0 Å². The van der Waals surface area contributed by atoms with E-state index in [2.05, 4.69) is 275 Å². The number of hydrogen-bond acceptors (Lipinski definition) is 8. The molecule has 0 unspecified atom stereocenters. The van der Waals surface area contributed by atoms with Gasteiger partial charge in [-0.2, -0.15) is 20.4 Å². The van der Waals surface area contributed by atoms with E-state index in [0.29, 0.717) is 0 Å². The number of hydrogen-bond donors (Lipinski definition) is 0. The molecule has 0 spiro atoms. The summed E-state index contributed by atoms with van der Waals surface area (Å²) in [7, 11) is 0. The molecule has 0 saturated carbocycles. The molecule has 2 aliphatic carbocycles. The van der Waals surface area contributed by atoms with Gasteiger partial charge in [0.1, 0.15) is 23.3 Å². The van der Waals surface area contributed by atoms with Crippen LogP contribution >= 0.6 is 0 Å². The van der Waals surface area contributed by atoms with Gasteiger partial charge in [0.2, 0.25) is 0 Å². The van der Waals surface area contributed by atoms with E-state index in [0.717, 1.165) is 97.2 Å². The van der Waals surface area contributed by atoms with Crippen LogP contribution in [0.1, 0.15) is 73.2 Å². The normalized spacial score (nSPS) is 12.1. The molecular weight excluding hydrogens is 1990 g/mol. The molecule has 4 radical (unpaired) electrons. The number of nitrogens with zero attached hydrogens (tertiary/aromatic N) is 12. The largest absolute Gasteiger partial charge is 0.320 e. The van der Waals surface area contributed by atoms with Gasteiger partial charge in [-0.1, -0.05) is 226 Å². The van der Waals surface area contributed by atoms with Crippen molar-refractivity contribution in [1.29, 1.82) is 0 Å². The SMILES string of the molecule is Cc1nnc(-c2[c-]cc3c(c2)-c2ccccc2C3(C)C)n1-c1ccccc1.Cc1nnc(-c2[c-]cc3c(c2)C(C)(C)c2ccccc2-3)n1-c1ccccc1.Cc1nnc(-c2[c-]cc3ccccc3c2)n1-c1ccccc1.Cc1nnc(-c2[c-]ccc(-c3ccccc3)c2)n1-c1ccccc1.[Ir].[Ir].[Ir].[Ir]. The summed E-state index contributed by atoms with van der Waals surface area (Å²) >= 11 is 0. The van der Waals surface area contributed by atoms with Crippen molar-refractivity contribution in [3.05, 3.63) is 349 Å². The summed E-state index contributed by atoms with van der Waals surface area (Å²) in [6.07, 6.45) is 0. The van der Waals surface area contributed by atoms with Crippen LogP contribution in [0.25, 0.3) is 112 Å². The monoisotopic (exact) mass is 2070 g/mol. The van der Waals surface area contributed by atoms with E-state index in [-0.39, 0.29) is 91.3 Å². The molecule has 4 heterocycles. The van der Waals surface area contributed by atoms with Gasteiger partial charge in [0.15, 0.2) is 0 Å². The fraction of sp³-hybridized carbons (Fsp3) is 0.114. The molecule has 0 N–H and O–H groups in total. The van der Waals surface area contributed by atoms with Crippen LogP contribution in [-0.4, -0.2) is 59.1 Å². The van der Waals surface area contributed by atoms with Gasteiger partial charge >= 0.3 is 0 Å². The van der Waals surface area contributed by atoms with Crippen molar-refractivity contribution in [2.75, 3.05) is 0 Å². The maximum absolute atomic E-state index is 4.47. The molecule has 16 heteroatoms. The van der Waals surface area contributed by atoms with E-state index in [9.17, 15) is 0 Å². The zero-order valence-electron chi connectivity index (χ0n) is 58.3. The average molecular weight is 2060 g/mol. The van der Waals surface area contributed by atoms with E-state index < -0.39 is 0 Å². The van der Waals surface area contributed by atoms with Crippen molar-refractivity contribution < 1.29 is 80.4 Å². The van der Waals surface area contributed by atoms with Gasteiger partial charge in [0.25, 0.3) is 0 Å². The summed E-state index contributed by atoms with van der Waals surface area (Å²) in [5.41, 5.74) is 20.8. The molecular formula is C88H70Ir4N12-4. The van der Waals surface area contributed by atoms with Crippen molar-refractivity contribution >= 4 is 10.8 Å². The van der Waals surface area contributed by atoms with Gasteiger partial charge in [0, 0.05) is 103 Å². The maximum atomic E-state index is 4.47. The van der Waals surface area contributed by atoms with Crippen LogP contribution in [0.4, 0.5) is 0 Å². The first-order valence-corrected chi connectivity index (χ1v) is 33.5. The number of aromatic nitrogens is 12. The predicted molar refractivity (Wildman–Crippen MR) is 400 cm³/mol. The molecule has 104 heavy (non-hydrogen) atoms. The first kappa shape index (κ1) is 75.2. The Hall–Kier alpha value is -9.94. The third-order valence-corrected chi connectivity index (χ3v) is 18.9. The van der Waals surface area contributed by atoms with E-state index in [1.807, 2.05) is 143 Å². The molecule has 0 bridgehead atoms. The first-order chi connectivity index (χ1) is 48.8. The Labute approximate surface area is 661 Å². The van der Waals surface area contributed by atoms with Gasteiger partial charge in [-0.05, 0) is 109 Å². The van der Waals surface area contributed by atoms with Gasteiger partial charge in [0.05, 0.1) is 23.3 Å². The molecule has 0 aliphatic heterocycles. The molecule has 12 nitrogen and oxygen atoms in total. The van der Waals surface area contributed by atoms with E-state index in [1.165, 1.54) is 60.8 Å². The van der Waals surface area contributed by atoms with Crippen LogP contribution < -0.4 is 0 Å². The molecule has 0 atom stereocenters. The van der Waals surface area contributed by atoms with E-state index in [1.54, 1.807) is 0 Å². The van der Waals surface area contributed by atoms with Crippen molar-refractivity contribution in [2.45, 2.75) is 66.2 Å². The molecule has 2 aliphatic rings. The molecule has 12 aromatic carbocycles. The Morgan fingerprint density at radius 2 is 0.606 bits per heavy atom. The van der Waals surface area contributed by atoms with E-state index in [4.69, 9.17) is 0 Å². The van der Waals surface area contributed by atoms with Gasteiger partial charge in [-0.3, -0.25) is 0 Å². The number of rotatable bonds is 9. The Morgan fingerprint density at radius 3 is 1.07 bits per heavy atom. The fourth-order valence-corrected chi connectivity index (χ4v) is 13.9. The third kappa shape index (κ3) is 14.7. The summed E-state index contributed by atoms with van der Waals surface area (Å²) in [4.78, 5) is 0. The predicted octanol–water partition coefficient (Wildman–Crippen LogP) is 19.6. The Kier molecular flexibility index (Phi) is 23.4. The van der Waals surface area contributed by atoms with Crippen LogP contribution in [0.3, 0.4) is 0 Å². The fourth-order valence-electron chi connectivity index (χ4n) is 13.9. The average Bonchev–Trinajstić information content (AvgIpc) is 1.59. The molecule has 18 rings (SSSR count). The summed E-state index contributed by atoms with van der Waals surface area (Å²) < 4.78 is 8.29. The van der Waals surface area contributed by atoms with Crippen LogP contribution in [0.5, 0.6) is 0 Å². The summed E-state index contributed by atoms with van der Waals surface area (Å²) in [5.74, 6) is 6.72. The van der Waals surface area contributed by atoms with Crippen LogP contribution in [-0.2, 0) is 91.3 Å². The summed E-state index contributed by atoms with van der Waals surface area (Å²) in [6.45, 7) is 17.0. The van der Waals surface area contributed by atoms with Crippen molar-refractivity contribution in [3.63, 3.8) is 0 Å². The molecule has 522 valence electrons. The van der Waals surface area contributed by atoms with Gasteiger partial charge in [-0.25, -0.2) is 0 Å². The summed E-state index contributed by atoms with van der Waals surface area (Å²) in [5, 5.41) is 37.2. The molecule has 0 saturated heterocycles. The van der Waals surface area contributed by atoms with Crippen LogP contribution in [0.2, 0.25) is 0 Å². The first-order valence-electron chi connectivity index (χ1n) is 33.5. The minimum Gasteiger partial charge on any atom is -0.320 e. The molecule has 16 aromatic rings. The minimum atomic E-state index is -0.0393. The minimum absolute atomic E-state index is 0. The van der Waals surface area contributed by atoms with Gasteiger partial charge in [-0.15, -0.1) is 144 Å². The molecule has 0 fully saturated rings. The standard InChI is InChI=1S/2C24H20N3.C21H16N3.C19H14N3.4Ir/c1-16-25-26-23(27(16)18-9-5-4-6-10-18)17-13-14-22-20(15-17)19-11-7-8-12-21(19)24(22,2)3;1-16-25-26-23(27(16)18-9-5-4-6-10-18)17-13-14-20-19-11-7-8-12-21(19)24(2,3)22(20)15-17;1-16-22-23-21(24(16)20-13-6-3-7-14-20)19-12-8-11-18(15-19)17-9-4-2-5-10-17;1-14-20-21-19(22(14)18-9-3-2-4-10-18)17-12-11-15-7-5-6-8-16(15)13-17;;;;/h2*4-12,14-15H,1-3H3;2-11,13-15H,1H3;2-11,13H,1H3;;;;/q4*-1;;;;. The van der Waals surface area contributed by atoms with Crippen LogP contribution in [0.15, 0.2) is 279 Å². The smallest absolute Gasteiger partial charge is 0.125 e. The maximum Gasteiger partial charge on any atom is 0.125 e. The van der Waals surface area contributed by atoms with Crippen LogP contribution in [0, 0.1) is 52.0 Å². The number of aryl methyl sites for hydroxylation is 4. The second-order valence-electron chi connectivity index (χ2n) is 26.0. The zero-order chi connectivity index (χ0) is 68.5. The second kappa shape index (κ2) is 32.4. The van der Waals surface area contributed by atoms with E-state index >= 15 is 0 Å². The Balaban J connectivity index is 0.000000138. The third-order valence-electron chi connectivity index (χ3n) is 18.9. The zero-order valence-corrected chi connectivity index (χ0v) is 67.8. The Bertz CT molecular complexity index is 5620. The molecule has 0 amide bonds. The van der Waals surface area contributed by atoms with Crippen molar-refractivity contribution in [3.8, 4) is 102 Å². The molecule has 4 aromatic heterocycles. The second-order valence-corrected chi connectivity index (χ2v) is 26.0.